The molecule has 0 bridgehead atoms. The Hall–Kier alpha value is -0.950. The summed E-state index contributed by atoms with van der Waals surface area (Å²) in [6, 6.07) is 2.61. The van der Waals surface area contributed by atoms with Gasteiger partial charge in [-0.15, -0.1) is 23.7 Å². The minimum absolute atomic E-state index is 0. The predicted octanol–water partition coefficient (Wildman–Crippen LogP) is 2.78. The Morgan fingerprint density at radius 1 is 1.36 bits per heavy atom. The molecule has 3 heterocycles. The molecule has 0 spiro atoms. The second-order valence-corrected chi connectivity index (χ2v) is 6.81. The minimum atomic E-state index is -0.301. The molecule has 0 aromatic carbocycles. The van der Waals surface area contributed by atoms with E-state index in [1.54, 1.807) is 17.7 Å². The van der Waals surface area contributed by atoms with Crippen LogP contribution in [0, 0.1) is 0 Å². The molecule has 2 atom stereocenters. The number of thiophene rings is 1. The van der Waals surface area contributed by atoms with Crippen LogP contribution in [-0.2, 0) is 4.79 Å². The van der Waals surface area contributed by atoms with Crippen molar-refractivity contribution >= 4 is 56.6 Å². The molecule has 1 saturated heterocycles. The number of nitrogens with zero attached hydrogens (tertiary/aromatic N) is 4. The fourth-order valence-corrected chi connectivity index (χ4v) is 4.03. The monoisotopic (exact) mass is 360 g/mol. The Bertz CT molecular complexity index is 653. The first-order valence-electron chi connectivity index (χ1n) is 6.93. The van der Waals surface area contributed by atoms with E-state index in [1.807, 2.05) is 5.38 Å². The van der Waals surface area contributed by atoms with Gasteiger partial charge in [0, 0.05) is 25.2 Å². The van der Waals surface area contributed by atoms with Gasteiger partial charge in [-0.3, -0.25) is 9.69 Å². The van der Waals surface area contributed by atoms with E-state index in [9.17, 15) is 4.79 Å². The highest BCUT2D eigenvalue weighted by Crippen LogP contribution is 2.31. The van der Waals surface area contributed by atoms with Gasteiger partial charge in [-0.2, -0.15) is 0 Å². The molecule has 22 heavy (non-hydrogen) atoms. The summed E-state index contributed by atoms with van der Waals surface area (Å²) < 4.78 is 0. The quantitative estimate of drug-likeness (QED) is 0.787. The fraction of sp³-hybridized carbons (Fsp3) is 0.500. The molecule has 2 aromatic rings. The zero-order chi connectivity index (χ0) is 15.0. The average Bonchev–Trinajstić information content (AvgIpc) is 2.86. The van der Waals surface area contributed by atoms with E-state index in [4.69, 9.17) is 11.6 Å². The van der Waals surface area contributed by atoms with E-state index < -0.39 is 0 Å². The lowest BCUT2D eigenvalue weighted by Gasteiger charge is -2.45. The molecule has 0 amide bonds. The molecule has 0 aliphatic carbocycles. The average molecular weight is 361 g/mol. The summed E-state index contributed by atoms with van der Waals surface area (Å²) >= 11 is 7.14. The zero-order valence-corrected chi connectivity index (χ0v) is 14.8. The van der Waals surface area contributed by atoms with Crippen LogP contribution in [0.5, 0.6) is 0 Å². The van der Waals surface area contributed by atoms with Gasteiger partial charge in [0.1, 0.15) is 17.0 Å². The summed E-state index contributed by atoms with van der Waals surface area (Å²) in [4.78, 5) is 25.4. The second-order valence-electron chi connectivity index (χ2n) is 5.49. The number of anilines is 1. The van der Waals surface area contributed by atoms with Crippen molar-refractivity contribution in [1.29, 1.82) is 0 Å². The zero-order valence-electron chi connectivity index (χ0n) is 12.4. The lowest BCUT2D eigenvalue weighted by molar-refractivity contribution is -0.113. The van der Waals surface area contributed by atoms with E-state index >= 15 is 0 Å². The molecule has 2 aromatic heterocycles. The molecule has 1 aliphatic rings. The first kappa shape index (κ1) is 17.4. The summed E-state index contributed by atoms with van der Waals surface area (Å²) in [6.07, 6.45) is 1.63. The van der Waals surface area contributed by atoms with Crippen LogP contribution in [0.15, 0.2) is 17.8 Å². The number of aromatic nitrogens is 2. The van der Waals surface area contributed by atoms with Crippen LogP contribution in [0.4, 0.5) is 5.82 Å². The maximum absolute atomic E-state index is 11.1. The van der Waals surface area contributed by atoms with Gasteiger partial charge in [0.15, 0.2) is 0 Å². The highest BCUT2D eigenvalue weighted by molar-refractivity contribution is 7.16. The number of rotatable bonds is 3. The number of carbonyl (C=O) groups is 1. The third-order valence-corrected chi connectivity index (χ3v) is 4.77. The van der Waals surface area contributed by atoms with Gasteiger partial charge in [0.05, 0.1) is 11.9 Å². The van der Waals surface area contributed by atoms with Crippen LogP contribution in [0.1, 0.15) is 13.8 Å². The van der Waals surface area contributed by atoms with Crippen molar-refractivity contribution in [2.75, 3.05) is 24.5 Å². The van der Waals surface area contributed by atoms with Crippen LogP contribution in [0.2, 0.25) is 0 Å². The minimum Gasteiger partial charge on any atom is -0.348 e. The van der Waals surface area contributed by atoms with Gasteiger partial charge in [-0.1, -0.05) is 0 Å². The normalized spacial score (nSPS) is 22.6. The number of hydrogen-bond acceptors (Lipinski definition) is 6. The molecular weight excluding hydrogens is 343 g/mol. The molecule has 5 nitrogen and oxygen atoms in total. The van der Waals surface area contributed by atoms with Gasteiger partial charge in [0.2, 0.25) is 5.24 Å². The van der Waals surface area contributed by atoms with Gasteiger partial charge in [0.25, 0.3) is 0 Å². The molecule has 0 unspecified atom stereocenters. The molecule has 120 valence electrons. The van der Waals surface area contributed by atoms with Crippen molar-refractivity contribution in [1.82, 2.24) is 14.9 Å². The molecule has 8 heteroatoms. The smallest absolute Gasteiger partial charge is 0.235 e. The number of piperazine rings is 1. The molecule has 0 radical (unpaired) electrons. The lowest BCUT2D eigenvalue weighted by atomic mass is 10.1. The highest BCUT2D eigenvalue weighted by Gasteiger charge is 2.32. The summed E-state index contributed by atoms with van der Waals surface area (Å²) in [6.45, 7) is 6.22. The Kier molecular flexibility index (Phi) is 5.60. The molecule has 1 fully saturated rings. The van der Waals surface area contributed by atoms with Crippen molar-refractivity contribution < 1.29 is 4.79 Å². The van der Waals surface area contributed by atoms with E-state index in [0.717, 1.165) is 29.1 Å². The van der Waals surface area contributed by atoms with Crippen molar-refractivity contribution in [3.05, 3.63) is 17.8 Å². The van der Waals surface area contributed by atoms with E-state index in [1.165, 1.54) is 0 Å². The maximum atomic E-state index is 11.1. The first-order valence-corrected chi connectivity index (χ1v) is 8.19. The lowest BCUT2D eigenvalue weighted by Crippen LogP contribution is -2.57. The topological polar surface area (TPSA) is 49.3 Å². The van der Waals surface area contributed by atoms with Crippen molar-refractivity contribution in [2.45, 2.75) is 25.9 Å². The SMILES string of the molecule is C[C@@H]1CN(CC(=O)Cl)C[C@H](C)N1c1ncnc2sccc12.Cl. The van der Waals surface area contributed by atoms with Crippen LogP contribution >= 0.6 is 35.3 Å². The highest BCUT2D eigenvalue weighted by atomic mass is 35.5. The van der Waals surface area contributed by atoms with Gasteiger partial charge in [-0.25, -0.2) is 9.97 Å². The van der Waals surface area contributed by atoms with E-state index in [0.29, 0.717) is 6.54 Å². The Morgan fingerprint density at radius 3 is 2.68 bits per heavy atom. The Morgan fingerprint density at radius 2 is 2.05 bits per heavy atom. The number of fused-ring (bicyclic) bond motifs is 1. The van der Waals surface area contributed by atoms with Crippen molar-refractivity contribution in [2.24, 2.45) is 0 Å². The molecule has 0 N–H and O–H groups in total. The summed E-state index contributed by atoms with van der Waals surface area (Å²) in [5.74, 6) is 0.984. The number of hydrogen-bond donors (Lipinski definition) is 0. The first-order chi connectivity index (χ1) is 10.1. The summed E-state index contributed by atoms with van der Waals surface area (Å²) in [7, 11) is 0. The van der Waals surface area contributed by atoms with Crippen molar-refractivity contribution in [3.8, 4) is 0 Å². The third-order valence-electron chi connectivity index (χ3n) is 3.83. The summed E-state index contributed by atoms with van der Waals surface area (Å²) in [5, 5.41) is 2.84. The van der Waals surface area contributed by atoms with Crippen LogP contribution < -0.4 is 4.90 Å². The Labute approximate surface area is 144 Å². The van der Waals surface area contributed by atoms with Crippen LogP contribution in [-0.4, -0.2) is 51.8 Å². The Balaban J connectivity index is 0.00000176. The maximum Gasteiger partial charge on any atom is 0.235 e. The predicted molar refractivity (Wildman–Crippen MR) is 93.4 cm³/mol. The van der Waals surface area contributed by atoms with Gasteiger partial charge >= 0.3 is 0 Å². The fourth-order valence-electron chi connectivity index (χ4n) is 3.14. The van der Waals surface area contributed by atoms with E-state index in [2.05, 4.69) is 39.7 Å². The van der Waals surface area contributed by atoms with Gasteiger partial charge < -0.3 is 4.90 Å². The molecule has 3 rings (SSSR count). The summed E-state index contributed by atoms with van der Waals surface area (Å²) in [5.41, 5.74) is 0. The third kappa shape index (κ3) is 3.35. The second kappa shape index (κ2) is 7.08. The standard InChI is InChI=1S/C14H17ClN4OS.ClH/c1-9-5-18(7-12(15)20)6-10(2)19(9)13-11-3-4-21-14(11)17-8-16-13;/h3-4,8-10H,5-7H2,1-2H3;1H/t9-,10+;. The molecular formula is C14H18Cl2N4OS. The number of halogens is 2. The van der Waals surface area contributed by atoms with Crippen molar-refractivity contribution in [3.63, 3.8) is 0 Å². The molecule has 0 saturated carbocycles. The van der Waals surface area contributed by atoms with Gasteiger partial charge in [-0.05, 0) is 36.9 Å². The van der Waals surface area contributed by atoms with Crippen LogP contribution in [0.3, 0.4) is 0 Å². The number of carbonyl (C=O) groups excluding carboxylic acids is 1. The largest absolute Gasteiger partial charge is 0.348 e. The van der Waals surface area contributed by atoms with Crippen LogP contribution in [0.25, 0.3) is 10.2 Å². The molecule has 1 aliphatic heterocycles. The van der Waals surface area contributed by atoms with E-state index in [-0.39, 0.29) is 29.7 Å².